The van der Waals surface area contributed by atoms with Crippen LogP contribution in [0.15, 0.2) is 42.7 Å². The molecule has 204 valence electrons. The van der Waals surface area contributed by atoms with Crippen LogP contribution in [0, 0.1) is 5.92 Å². The van der Waals surface area contributed by atoms with E-state index in [2.05, 4.69) is 26.5 Å². The molecule has 3 aromatic rings. The van der Waals surface area contributed by atoms with E-state index in [-0.39, 0.29) is 24.0 Å². The molecule has 0 radical (unpaired) electrons. The maximum absolute atomic E-state index is 13.1. The van der Waals surface area contributed by atoms with Crippen LogP contribution in [-0.4, -0.2) is 55.9 Å². The fraction of sp³-hybridized carbons (Fsp3) is 0.379. The number of halogens is 1. The lowest BCUT2D eigenvalue weighted by Gasteiger charge is -2.35. The number of imide groups is 2. The molecule has 0 bridgehead atoms. The number of hydrogen-bond acceptors (Lipinski definition) is 7. The van der Waals surface area contributed by atoms with E-state index in [1.165, 1.54) is 0 Å². The van der Waals surface area contributed by atoms with Gasteiger partial charge in [0.2, 0.25) is 11.8 Å². The number of anilines is 1. The first-order valence-electron chi connectivity index (χ1n) is 13.7. The Kier molecular flexibility index (Phi) is 5.96. The smallest absolute Gasteiger partial charge is 0.262 e. The number of carbonyl (C=O) groups is 4. The Morgan fingerprint density at radius 1 is 0.975 bits per heavy atom. The summed E-state index contributed by atoms with van der Waals surface area (Å²) in [7, 11) is 0. The van der Waals surface area contributed by atoms with Crippen molar-refractivity contribution in [2.75, 3.05) is 11.9 Å². The molecule has 4 aliphatic rings. The predicted octanol–water partition coefficient (Wildman–Crippen LogP) is 3.94. The zero-order valence-corrected chi connectivity index (χ0v) is 22.4. The molecule has 4 heterocycles. The summed E-state index contributed by atoms with van der Waals surface area (Å²) in [5.74, 6) is -1.05. The van der Waals surface area contributed by atoms with Crippen molar-refractivity contribution in [1.82, 2.24) is 25.0 Å². The van der Waals surface area contributed by atoms with Gasteiger partial charge < -0.3 is 5.32 Å². The van der Waals surface area contributed by atoms with Gasteiger partial charge in [0.05, 0.1) is 33.6 Å². The molecule has 7 rings (SSSR count). The van der Waals surface area contributed by atoms with E-state index in [9.17, 15) is 19.2 Å². The van der Waals surface area contributed by atoms with Crippen molar-refractivity contribution in [3.63, 3.8) is 0 Å². The number of hydrogen-bond donors (Lipinski definition) is 2. The number of fused-ring (bicyclic) bond motifs is 1. The number of rotatable bonds is 7. The number of aromatic nitrogens is 3. The van der Waals surface area contributed by atoms with Gasteiger partial charge in [0.1, 0.15) is 6.04 Å². The Hall–Kier alpha value is -4.05. The van der Waals surface area contributed by atoms with E-state index >= 15 is 0 Å². The molecule has 2 aromatic heterocycles. The first kappa shape index (κ1) is 25.0. The fourth-order valence-corrected chi connectivity index (χ4v) is 6.02. The van der Waals surface area contributed by atoms with Crippen LogP contribution in [-0.2, 0) is 9.59 Å². The Morgan fingerprint density at radius 2 is 1.77 bits per heavy atom. The van der Waals surface area contributed by atoms with Crippen molar-refractivity contribution >= 4 is 40.9 Å². The maximum Gasteiger partial charge on any atom is 0.262 e. The van der Waals surface area contributed by atoms with Crippen LogP contribution >= 0.6 is 11.6 Å². The normalized spacial score (nSPS) is 24.1. The maximum atomic E-state index is 13.1. The molecule has 4 amide bonds. The molecule has 0 spiro atoms. The van der Waals surface area contributed by atoms with Crippen LogP contribution in [0.2, 0.25) is 5.02 Å². The van der Waals surface area contributed by atoms with Gasteiger partial charge in [-0.15, -0.1) is 0 Å². The van der Waals surface area contributed by atoms with Crippen LogP contribution in [0.25, 0.3) is 11.3 Å². The van der Waals surface area contributed by atoms with Gasteiger partial charge in [-0.25, -0.2) is 0 Å². The topological polar surface area (TPSA) is 126 Å². The van der Waals surface area contributed by atoms with Crippen molar-refractivity contribution in [2.24, 2.45) is 5.92 Å². The molecular weight excluding hydrogens is 532 g/mol. The molecule has 2 aliphatic heterocycles. The minimum Gasteiger partial charge on any atom is -0.385 e. The summed E-state index contributed by atoms with van der Waals surface area (Å²) >= 11 is 6.03. The van der Waals surface area contributed by atoms with Gasteiger partial charge in [-0.1, -0.05) is 11.6 Å². The first-order valence-corrected chi connectivity index (χ1v) is 14.0. The minimum absolute atomic E-state index is 0.0960. The Morgan fingerprint density at radius 3 is 2.50 bits per heavy atom. The summed E-state index contributed by atoms with van der Waals surface area (Å²) < 4.78 is 2.10. The highest BCUT2D eigenvalue weighted by molar-refractivity contribution is 6.30. The highest BCUT2D eigenvalue weighted by Gasteiger charge is 2.44. The lowest BCUT2D eigenvalue weighted by atomic mass is 9.80. The first-order chi connectivity index (χ1) is 19.4. The summed E-state index contributed by atoms with van der Waals surface area (Å²) in [5, 5.41) is 11.2. The predicted molar refractivity (Wildman–Crippen MR) is 146 cm³/mol. The van der Waals surface area contributed by atoms with Gasteiger partial charge in [-0.3, -0.25) is 39.1 Å². The Labute approximate surface area is 235 Å². The third-order valence-electron chi connectivity index (χ3n) is 8.35. The number of nitrogens with one attached hydrogen (secondary N) is 2. The van der Waals surface area contributed by atoms with E-state index < -0.39 is 29.7 Å². The molecule has 40 heavy (non-hydrogen) atoms. The number of piperidine rings is 1. The molecule has 1 unspecified atom stereocenters. The summed E-state index contributed by atoms with van der Waals surface area (Å²) in [5.41, 5.74) is 4.42. The van der Waals surface area contributed by atoms with E-state index in [0.29, 0.717) is 22.9 Å². The lowest BCUT2D eigenvalue weighted by molar-refractivity contribution is -0.136. The molecule has 2 saturated carbocycles. The molecule has 1 saturated heterocycles. The number of amides is 4. The third kappa shape index (κ3) is 4.36. The second-order valence-electron chi connectivity index (χ2n) is 11.1. The van der Waals surface area contributed by atoms with E-state index in [4.69, 9.17) is 16.7 Å². The van der Waals surface area contributed by atoms with Crippen molar-refractivity contribution in [1.29, 1.82) is 0 Å². The lowest BCUT2D eigenvalue weighted by Crippen LogP contribution is -2.54. The largest absolute Gasteiger partial charge is 0.385 e. The summed E-state index contributed by atoms with van der Waals surface area (Å²) in [6, 6.07) is 8.26. The van der Waals surface area contributed by atoms with Crippen LogP contribution in [0.4, 0.5) is 5.69 Å². The molecule has 10 nitrogen and oxygen atoms in total. The molecule has 1 aromatic carbocycles. The highest BCUT2D eigenvalue weighted by atomic mass is 35.5. The van der Waals surface area contributed by atoms with Crippen LogP contribution in [0.5, 0.6) is 0 Å². The van der Waals surface area contributed by atoms with Gasteiger partial charge in [0.25, 0.3) is 11.8 Å². The molecule has 3 fully saturated rings. The van der Waals surface area contributed by atoms with Crippen molar-refractivity contribution in [2.45, 2.75) is 56.5 Å². The molecule has 1 atom stereocenters. The van der Waals surface area contributed by atoms with Crippen LogP contribution in [0.1, 0.15) is 76.9 Å². The van der Waals surface area contributed by atoms with Crippen LogP contribution < -0.4 is 10.6 Å². The number of nitrogens with zero attached hydrogens (tertiary/aromatic N) is 4. The van der Waals surface area contributed by atoms with Gasteiger partial charge in [-0.05, 0) is 68.4 Å². The quantitative estimate of drug-likeness (QED) is 0.421. The second-order valence-corrected chi connectivity index (χ2v) is 11.6. The van der Waals surface area contributed by atoms with E-state index in [0.717, 1.165) is 59.8 Å². The van der Waals surface area contributed by atoms with E-state index in [1.807, 2.05) is 12.1 Å². The highest BCUT2D eigenvalue weighted by Crippen LogP contribution is 2.45. The molecule has 2 aliphatic carbocycles. The van der Waals surface area contributed by atoms with Crippen LogP contribution in [0.3, 0.4) is 0 Å². The SMILES string of the molecule is O=C1CCC(N2C(=O)c3ccc(NC[C@H]4C[C@H](n5cc(-c6ccc(Cl)cn6)c(C6CC6)n5)C4)cc3C2=O)C(=O)N1. The molecular formula is C29H27ClN6O4. The minimum atomic E-state index is -0.966. The van der Waals surface area contributed by atoms with Gasteiger partial charge in [-0.2, -0.15) is 5.10 Å². The van der Waals surface area contributed by atoms with E-state index in [1.54, 1.807) is 24.4 Å². The molecule has 11 heteroatoms. The van der Waals surface area contributed by atoms with Gasteiger partial charge in [0.15, 0.2) is 0 Å². The van der Waals surface area contributed by atoms with Gasteiger partial charge >= 0.3 is 0 Å². The zero-order chi connectivity index (χ0) is 27.5. The standard InChI is InChI=1S/C29H27ClN6O4/c30-17-3-6-23(32-13-17)22-14-35(34-26(22)16-1-2-16)19-9-15(10-19)12-31-18-4-5-20-21(11-18)29(40)36(28(20)39)24-7-8-25(37)33-27(24)38/h3-6,11,13-16,19,24,31H,1-2,7-10,12H2,(H,33,37,38)/t15-,19-,24?. The summed E-state index contributed by atoms with van der Waals surface area (Å²) in [6.07, 6.45) is 8.32. The monoisotopic (exact) mass is 558 g/mol. The van der Waals surface area contributed by atoms with Crippen molar-refractivity contribution in [3.05, 3.63) is 64.6 Å². The average Bonchev–Trinajstić information content (AvgIpc) is 3.63. The summed E-state index contributed by atoms with van der Waals surface area (Å²) in [6.45, 7) is 0.733. The Bertz CT molecular complexity index is 1560. The summed E-state index contributed by atoms with van der Waals surface area (Å²) in [4.78, 5) is 55.3. The molecule has 2 N–H and O–H groups in total. The number of pyridine rings is 1. The second kappa shape index (κ2) is 9.55. The fourth-order valence-electron chi connectivity index (χ4n) is 5.91. The number of benzene rings is 1. The van der Waals surface area contributed by atoms with Crippen molar-refractivity contribution < 1.29 is 19.2 Å². The zero-order valence-electron chi connectivity index (χ0n) is 21.6. The number of carbonyl (C=O) groups excluding carboxylic acids is 4. The Balaban J connectivity index is 0.986. The van der Waals surface area contributed by atoms with Gasteiger partial charge in [0, 0.05) is 42.5 Å². The third-order valence-corrected chi connectivity index (χ3v) is 8.57. The average molecular weight is 559 g/mol. The van der Waals surface area contributed by atoms with Crippen molar-refractivity contribution in [3.8, 4) is 11.3 Å².